The normalized spacial score (nSPS) is 22.0. The molecule has 0 saturated carbocycles. The molecule has 0 radical (unpaired) electrons. The molecular weight excluding hydrogens is 354 g/mol. The molecule has 0 N–H and O–H groups in total. The van der Waals surface area contributed by atoms with E-state index in [-0.39, 0.29) is 5.56 Å². The quantitative estimate of drug-likeness (QED) is 0.674. The average Bonchev–Trinajstić information content (AvgIpc) is 3.41. The zero-order chi connectivity index (χ0) is 19.1. The Labute approximate surface area is 163 Å². The summed E-state index contributed by atoms with van der Waals surface area (Å²) in [5, 5.41) is 4.25. The summed E-state index contributed by atoms with van der Waals surface area (Å²) in [6.07, 6.45) is 7.10. The maximum Gasteiger partial charge on any atom is 0.250 e. The van der Waals surface area contributed by atoms with E-state index in [1.807, 2.05) is 30.6 Å². The Morgan fingerprint density at radius 2 is 1.82 bits per heavy atom. The lowest BCUT2D eigenvalue weighted by Gasteiger charge is -2.22. The SMILES string of the molecule is Cn1ccc(CN2CC3CN(c4cc(-n5cccn5)ncn4)CC3C2)cc1=O. The average molecular weight is 377 g/mol. The van der Waals surface area contributed by atoms with Crippen molar-refractivity contribution >= 4 is 5.82 Å². The van der Waals surface area contributed by atoms with E-state index in [0.29, 0.717) is 11.8 Å². The second-order valence-corrected chi connectivity index (χ2v) is 7.79. The molecule has 2 saturated heterocycles. The Kier molecular flexibility index (Phi) is 4.20. The molecule has 3 aromatic heterocycles. The van der Waals surface area contributed by atoms with Crippen LogP contribution in [0.2, 0.25) is 0 Å². The lowest BCUT2D eigenvalue weighted by atomic mass is 10.0. The number of hydrogen-bond acceptors (Lipinski definition) is 6. The van der Waals surface area contributed by atoms with Crippen molar-refractivity contribution in [3.63, 3.8) is 0 Å². The highest BCUT2D eigenvalue weighted by atomic mass is 16.1. The minimum atomic E-state index is 0.0554. The van der Waals surface area contributed by atoms with Gasteiger partial charge < -0.3 is 9.47 Å². The zero-order valence-corrected chi connectivity index (χ0v) is 15.8. The fourth-order valence-corrected chi connectivity index (χ4v) is 4.39. The van der Waals surface area contributed by atoms with Crippen LogP contribution in [0.1, 0.15) is 5.56 Å². The molecule has 0 bridgehead atoms. The molecule has 8 nitrogen and oxygen atoms in total. The van der Waals surface area contributed by atoms with Crippen molar-refractivity contribution in [1.29, 1.82) is 0 Å². The molecule has 2 unspecified atom stereocenters. The van der Waals surface area contributed by atoms with Crippen molar-refractivity contribution in [3.8, 4) is 5.82 Å². The van der Waals surface area contributed by atoms with Gasteiger partial charge in [0.05, 0.1) is 0 Å². The van der Waals surface area contributed by atoms with E-state index in [2.05, 4.69) is 24.9 Å². The smallest absolute Gasteiger partial charge is 0.250 e. The van der Waals surface area contributed by atoms with E-state index in [4.69, 9.17) is 0 Å². The summed E-state index contributed by atoms with van der Waals surface area (Å²) in [5.74, 6) is 3.02. The fourth-order valence-electron chi connectivity index (χ4n) is 4.39. The highest BCUT2D eigenvalue weighted by Crippen LogP contribution is 2.34. The second kappa shape index (κ2) is 6.87. The third-order valence-corrected chi connectivity index (χ3v) is 5.84. The molecule has 0 aliphatic carbocycles. The zero-order valence-electron chi connectivity index (χ0n) is 15.8. The number of aromatic nitrogens is 5. The third kappa shape index (κ3) is 3.20. The Balaban J connectivity index is 1.24. The van der Waals surface area contributed by atoms with Gasteiger partial charge in [0.2, 0.25) is 0 Å². The van der Waals surface area contributed by atoms with Crippen molar-refractivity contribution in [2.24, 2.45) is 18.9 Å². The molecule has 2 aliphatic heterocycles. The number of anilines is 1. The number of hydrogen-bond donors (Lipinski definition) is 0. The summed E-state index contributed by atoms with van der Waals surface area (Å²) in [6, 6.07) is 7.68. The van der Waals surface area contributed by atoms with Gasteiger partial charge in [0, 0.05) is 70.5 Å². The van der Waals surface area contributed by atoms with E-state index in [0.717, 1.165) is 49.9 Å². The van der Waals surface area contributed by atoms with Crippen molar-refractivity contribution < 1.29 is 0 Å². The molecule has 0 amide bonds. The van der Waals surface area contributed by atoms with E-state index in [1.165, 1.54) is 0 Å². The maximum absolute atomic E-state index is 11.8. The molecule has 2 aliphatic rings. The Morgan fingerprint density at radius 3 is 2.54 bits per heavy atom. The molecular formula is C20H23N7O. The van der Waals surface area contributed by atoms with E-state index >= 15 is 0 Å². The summed E-state index contributed by atoms with van der Waals surface area (Å²) in [4.78, 5) is 25.5. The van der Waals surface area contributed by atoms with E-state index in [1.54, 1.807) is 34.9 Å². The summed E-state index contributed by atoms with van der Waals surface area (Å²) in [5.41, 5.74) is 1.15. The monoisotopic (exact) mass is 377 g/mol. The molecule has 0 aromatic carbocycles. The predicted octanol–water partition coefficient (Wildman–Crippen LogP) is 0.929. The summed E-state index contributed by atoms with van der Waals surface area (Å²) < 4.78 is 3.37. The van der Waals surface area contributed by atoms with Crippen molar-refractivity contribution in [3.05, 3.63) is 65.1 Å². The van der Waals surface area contributed by atoms with E-state index < -0.39 is 0 Å². The van der Waals surface area contributed by atoms with Gasteiger partial charge in [-0.3, -0.25) is 9.69 Å². The van der Waals surface area contributed by atoms with Crippen LogP contribution >= 0.6 is 0 Å². The van der Waals surface area contributed by atoms with Gasteiger partial charge >= 0.3 is 0 Å². The molecule has 5 heterocycles. The topological polar surface area (TPSA) is 72.1 Å². The number of pyridine rings is 1. The number of likely N-dealkylation sites (tertiary alicyclic amines) is 1. The minimum Gasteiger partial charge on any atom is -0.356 e. The fraction of sp³-hybridized carbons (Fsp3) is 0.400. The minimum absolute atomic E-state index is 0.0554. The van der Waals surface area contributed by atoms with Gasteiger partial charge in [-0.05, 0) is 29.5 Å². The van der Waals surface area contributed by atoms with Crippen molar-refractivity contribution in [2.45, 2.75) is 6.54 Å². The van der Waals surface area contributed by atoms with Crippen LogP contribution in [0.4, 0.5) is 5.82 Å². The number of fused-ring (bicyclic) bond motifs is 1. The lowest BCUT2D eigenvalue weighted by molar-refractivity contribution is 0.308. The Hall–Kier alpha value is -3.00. The Morgan fingerprint density at radius 1 is 1.04 bits per heavy atom. The highest BCUT2D eigenvalue weighted by molar-refractivity contribution is 5.44. The van der Waals surface area contributed by atoms with Crippen LogP contribution in [0, 0.1) is 11.8 Å². The van der Waals surface area contributed by atoms with Crippen molar-refractivity contribution in [2.75, 3.05) is 31.1 Å². The summed E-state index contributed by atoms with van der Waals surface area (Å²) in [7, 11) is 1.78. The number of nitrogens with zero attached hydrogens (tertiary/aromatic N) is 7. The molecule has 2 fully saturated rings. The van der Waals surface area contributed by atoms with Crippen LogP contribution in [-0.4, -0.2) is 55.4 Å². The maximum atomic E-state index is 11.8. The van der Waals surface area contributed by atoms with Gasteiger partial charge in [-0.15, -0.1) is 0 Å². The van der Waals surface area contributed by atoms with Crippen LogP contribution in [-0.2, 0) is 13.6 Å². The first kappa shape index (κ1) is 17.1. The first-order valence-corrected chi connectivity index (χ1v) is 9.60. The van der Waals surface area contributed by atoms with Gasteiger partial charge in [0.15, 0.2) is 5.82 Å². The first-order valence-electron chi connectivity index (χ1n) is 9.60. The van der Waals surface area contributed by atoms with Crippen LogP contribution in [0.5, 0.6) is 0 Å². The predicted molar refractivity (Wildman–Crippen MR) is 105 cm³/mol. The van der Waals surface area contributed by atoms with Crippen LogP contribution < -0.4 is 10.5 Å². The van der Waals surface area contributed by atoms with Gasteiger partial charge in [0.1, 0.15) is 12.1 Å². The standard InChI is InChI=1S/C20H23N7O/c1-24-6-3-15(7-20(24)28)9-25-10-16-12-26(13-17(16)11-25)18-8-19(22-14-21-18)27-5-2-4-23-27/h2-8,14,16-17H,9-13H2,1H3. The molecule has 3 aromatic rings. The number of aryl methyl sites for hydroxylation is 1. The number of rotatable bonds is 4. The van der Waals surface area contributed by atoms with Gasteiger partial charge in [-0.1, -0.05) is 0 Å². The second-order valence-electron chi connectivity index (χ2n) is 7.79. The van der Waals surface area contributed by atoms with Gasteiger partial charge in [-0.2, -0.15) is 5.10 Å². The van der Waals surface area contributed by atoms with Crippen LogP contribution in [0.25, 0.3) is 5.82 Å². The van der Waals surface area contributed by atoms with Crippen molar-refractivity contribution in [1.82, 2.24) is 29.2 Å². The molecule has 2 atom stereocenters. The molecule has 5 rings (SSSR count). The van der Waals surface area contributed by atoms with Gasteiger partial charge in [0.25, 0.3) is 5.56 Å². The molecule has 28 heavy (non-hydrogen) atoms. The highest BCUT2D eigenvalue weighted by Gasteiger charge is 2.40. The molecule has 8 heteroatoms. The largest absolute Gasteiger partial charge is 0.356 e. The first-order chi connectivity index (χ1) is 13.7. The van der Waals surface area contributed by atoms with Gasteiger partial charge in [-0.25, -0.2) is 14.6 Å². The third-order valence-electron chi connectivity index (χ3n) is 5.84. The van der Waals surface area contributed by atoms with Crippen LogP contribution in [0.15, 0.2) is 54.0 Å². The van der Waals surface area contributed by atoms with Crippen LogP contribution in [0.3, 0.4) is 0 Å². The van der Waals surface area contributed by atoms with E-state index in [9.17, 15) is 4.79 Å². The summed E-state index contributed by atoms with van der Waals surface area (Å²) in [6.45, 7) is 4.99. The molecule has 144 valence electrons. The Bertz CT molecular complexity index is 1020. The lowest BCUT2D eigenvalue weighted by Crippen LogP contribution is -2.29. The summed E-state index contributed by atoms with van der Waals surface area (Å²) >= 11 is 0. The molecule has 0 spiro atoms.